The first-order chi connectivity index (χ1) is 6.61. The van der Waals surface area contributed by atoms with Crippen LogP contribution in [0.4, 0.5) is 0 Å². The number of rotatable bonds is 3. The van der Waals surface area contributed by atoms with Gasteiger partial charge in [-0.25, -0.2) is 0 Å². The monoisotopic (exact) mass is 202 g/mol. The van der Waals surface area contributed by atoms with Crippen LogP contribution in [0.1, 0.15) is 6.92 Å². The molecule has 14 heavy (non-hydrogen) atoms. The SMILES string of the molecule is CC(O)CN(C)C(=O)C1CNCCO1. The standard InChI is InChI=1S/C9H18N2O3/c1-7(12)6-11(2)9(13)8-5-10-3-4-14-8/h7-8,10,12H,3-6H2,1-2H3. The molecule has 1 aliphatic rings. The second-order valence-corrected chi connectivity index (χ2v) is 3.63. The second kappa shape index (κ2) is 5.29. The number of hydrogen-bond donors (Lipinski definition) is 2. The van der Waals surface area contributed by atoms with Crippen molar-refractivity contribution in [3.63, 3.8) is 0 Å². The number of amides is 1. The number of nitrogens with one attached hydrogen (secondary N) is 1. The lowest BCUT2D eigenvalue weighted by Gasteiger charge is -2.27. The van der Waals surface area contributed by atoms with Crippen molar-refractivity contribution in [3.8, 4) is 0 Å². The molecule has 0 aromatic rings. The van der Waals surface area contributed by atoms with Gasteiger partial charge >= 0.3 is 0 Å². The normalized spacial score (nSPS) is 24.4. The van der Waals surface area contributed by atoms with Gasteiger partial charge in [0.25, 0.3) is 5.91 Å². The van der Waals surface area contributed by atoms with Crippen molar-refractivity contribution in [2.24, 2.45) is 0 Å². The van der Waals surface area contributed by atoms with E-state index >= 15 is 0 Å². The van der Waals surface area contributed by atoms with Crippen LogP contribution in [0.15, 0.2) is 0 Å². The summed E-state index contributed by atoms with van der Waals surface area (Å²) in [5, 5.41) is 12.2. The number of carbonyl (C=O) groups is 1. The lowest BCUT2D eigenvalue weighted by atomic mass is 10.2. The van der Waals surface area contributed by atoms with Gasteiger partial charge in [-0.2, -0.15) is 0 Å². The van der Waals surface area contributed by atoms with Gasteiger partial charge in [0.1, 0.15) is 6.10 Å². The third kappa shape index (κ3) is 3.25. The zero-order chi connectivity index (χ0) is 10.6. The third-order valence-corrected chi connectivity index (χ3v) is 2.12. The number of likely N-dealkylation sites (N-methyl/N-ethyl adjacent to an activating group) is 1. The van der Waals surface area contributed by atoms with Crippen LogP contribution in [0.25, 0.3) is 0 Å². The summed E-state index contributed by atoms with van der Waals surface area (Å²) in [5.41, 5.74) is 0. The number of carbonyl (C=O) groups excluding carboxylic acids is 1. The first kappa shape index (κ1) is 11.4. The van der Waals surface area contributed by atoms with Gasteiger partial charge in [-0.05, 0) is 6.92 Å². The van der Waals surface area contributed by atoms with Gasteiger partial charge in [0.15, 0.2) is 0 Å². The molecular formula is C9H18N2O3. The molecule has 5 heteroatoms. The maximum absolute atomic E-state index is 11.7. The summed E-state index contributed by atoms with van der Waals surface area (Å²) in [5.74, 6) is -0.0712. The molecule has 1 rings (SSSR count). The molecule has 2 atom stereocenters. The summed E-state index contributed by atoms with van der Waals surface area (Å²) in [4.78, 5) is 13.2. The van der Waals surface area contributed by atoms with Crippen molar-refractivity contribution in [1.29, 1.82) is 0 Å². The van der Waals surface area contributed by atoms with Gasteiger partial charge in [0.2, 0.25) is 0 Å². The first-order valence-electron chi connectivity index (χ1n) is 4.86. The topological polar surface area (TPSA) is 61.8 Å². The van der Waals surface area contributed by atoms with E-state index in [1.54, 1.807) is 14.0 Å². The first-order valence-corrected chi connectivity index (χ1v) is 4.86. The molecule has 0 aliphatic carbocycles. The van der Waals surface area contributed by atoms with E-state index in [4.69, 9.17) is 9.84 Å². The Bertz CT molecular complexity index is 190. The second-order valence-electron chi connectivity index (χ2n) is 3.63. The molecule has 2 N–H and O–H groups in total. The summed E-state index contributed by atoms with van der Waals surface area (Å²) in [6.07, 6.45) is -0.895. The van der Waals surface area contributed by atoms with E-state index in [1.165, 1.54) is 4.90 Å². The smallest absolute Gasteiger partial charge is 0.252 e. The zero-order valence-corrected chi connectivity index (χ0v) is 8.69. The number of nitrogens with zero attached hydrogens (tertiary/aromatic N) is 1. The van der Waals surface area contributed by atoms with Gasteiger partial charge in [-0.1, -0.05) is 0 Å². The van der Waals surface area contributed by atoms with Crippen LogP contribution in [-0.2, 0) is 9.53 Å². The molecule has 0 bridgehead atoms. The van der Waals surface area contributed by atoms with E-state index in [9.17, 15) is 4.79 Å². The Labute approximate surface area is 84.0 Å². The largest absolute Gasteiger partial charge is 0.392 e. The molecule has 82 valence electrons. The summed E-state index contributed by atoms with van der Waals surface area (Å²) in [6.45, 7) is 3.92. The van der Waals surface area contributed by atoms with Crippen LogP contribution in [0, 0.1) is 0 Å². The lowest BCUT2D eigenvalue weighted by Crippen LogP contribution is -2.49. The van der Waals surface area contributed by atoms with E-state index in [0.29, 0.717) is 19.7 Å². The van der Waals surface area contributed by atoms with E-state index in [1.807, 2.05) is 0 Å². The fraction of sp³-hybridized carbons (Fsp3) is 0.889. The Hall–Kier alpha value is -0.650. The van der Waals surface area contributed by atoms with Crippen molar-refractivity contribution < 1.29 is 14.6 Å². The van der Waals surface area contributed by atoms with Crippen LogP contribution >= 0.6 is 0 Å². The minimum atomic E-state index is -0.500. The highest BCUT2D eigenvalue weighted by atomic mass is 16.5. The van der Waals surface area contributed by atoms with Gasteiger partial charge in [-0.3, -0.25) is 4.79 Å². The van der Waals surface area contributed by atoms with Crippen LogP contribution < -0.4 is 5.32 Å². The van der Waals surface area contributed by atoms with E-state index < -0.39 is 12.2 Å². The Morgan fingerprint density at radius 1 is 1.79 bits per heavy atom. The maximum atomic E-state index is 11.7. The minimum Gasteiger partial charge on any atom is -0.392 e. The molecule has 1 aliphatic heterocycles. The molecule has 2 unspecified atom stereocenters. The fourth-order valence-corrected chi connectivity index (χ4v) is 1.46. The zero-order valence-electron chi connectivity index (χ0n) is 8.69. The number of ether oxygens (including phenoxy) is 1. The highest BCUT2D eigenvalue weighted by Crippen LogP contribution is 2.01. The van der Waals surface area contributed by atoms with Crippen LogP contribution in [0.2, 0.25) is 0 Å². The molecule has 5 nitrogen and oxygen atoms in total. The summed E-state index contributed by atoms with van der Waals surface area (Å²) >= 11 is 0. The number of morpholine rings is 1. The van der Waals surface area contributed by atoms with Crippen LogP contribution in [0.3, 0.4) is 0 Å². The predicted octanol–water partition coefficient (Wildman–Crippen LogP) is -1.19. The quantitative estimate of drug-likeness (QED) is 0.604. The highest BCUT2D eigenvalue weighted by molar-refractivity contribution is 5.81. The average Bonchev–Trinajstić information content (AvgIpc) is 2.17. The molecule has 0 aromatic carbocycles. The van der Waals surface area contributed by atoms with E-state index in [2.05, 4.69) is 5.32 Å². The highest BCUT2D eigenvalue weighted by Gasteiger charge is 2.25. The average molecular weight is 202 g/mol. The Balaban J connectivity index is 2.38. The predicted molar refractivity (Wildman–Crippen MR) is 51.9 cm³/mol. The van der Waals surface area contributed by atoms with Crippen molar-refractivity contribution in [2.45, 2.75) is 19.1 Å². The molecular weight excluding hydrogens is 184 g/mol. The molecule has 0 saturated carbocycles. The lowest BCUT2D eigenvalue weighted by molar-refractivity contribution is -0.144. The van der Waals surface area contributed by atoms with Crippen molar-refractivity contribution in [3.05, 3.63) is 0 Å². The molecule has 0 spiro atoms. The summed E-state index contributed by atoms with van der Waals surface area (Å²) < 4.78 is 5.31. The Morgan fingerprint density at radius 3 is 3.00 bits per heavy atom. The van der Waals surface area contributed by atoms with Crippen LogP contribution in [-0.4, -0.2) is 61.4 Å². The van der Waals surface area contributed by atoms with Gasteiger partial charge in [-0.15, -0.1) is 0 Å². The summed E-state index contributed by atoms with van der Waals surface area (Å²) in [7, 11) is 1.67. The van der Waals surface area contributed by atoms with Crippen molar-refractivity contribution in [1.82, 2.24) is 10.2 Å². The van der Waals surface area contributed by atoms with Crippen molar-refractivity contribution >= 4 is 5.91 Å². The molecule has 0 aromatic heterocycles. The van der Waals surface area contributed by atoms with Crippen LogP contribution in [0.5, 0.6) is 0 Å². The minimum absolute atomic E-state index is 0.0712. The molecule has 1 fully saturated rings. The maximum Gasteiger partial charge on any atom is 0.252 e. The molecule has 1 amide bonds. The van der Waals surface area contributed by atoms with E-state index in [-0.39, 0.29) is 5.91 Å². The number of aliphatic hydroxyl groups excluding tert-OH is 1. The van der Waals surface area contributed by atoms with E-state index in [0.717, 1.165) is 6.54 Å². The molecule has 1 heterocycles. The Morgan fingerprint density at radius 2 is 2.50 bits per heavy atom. The third-order valence-electron chi connectivity index (χ3n) is 2.12. The van der Waals surface area contributed by atoms with Gasteiger partial charge < -0.3 is 20.1 Å². The fourth-order valence-electron chi connectivity index (χ4n) is 1.46. The summed E-state index contributed by atoms with van der Waals surface area (Å²) in [6, 6.07) is 0. The van der Waals surface area contributed by atoms with Gasteiger partial charge in [0.05, 0.1) is 12.7 Å². The Kier molecular flexibility index (Phi) is 4.31. The molecule has 1 saturated heterocycles. The van der Waals surface area contributed by atoms with Gasteiger partial charge in [0, 0.05) is 26.7 Å². The molecule has 0 radical (unpaired) electrons. The van der Waals surface area contributed by atoms with Crippen molar-refractivity contribution in [2.75, 3.05) is 33.3 Å². The number of aliphatic hydroxyl groups is 1. The number of hydrogen-bond acceptors (Lipinski definition) is 4.